The van der Waals surface area contributed by atoms with Crippen molar-refractivity contribution in [3.8, 4) is 0 Å². The van der Waals surface area contributed by atoms with Gasteiger partial charge in [0.2, 0.25) is 0 Å². The summed E-state index contributed by atoms with van der Waals surface area (Å²) in [6.07, 6.45) is 1.02. The van der Waals surface area contributed by atoms with Crippen molar-refractivity contribution in [2.45, 2.75) is 25.7 Å². The maximum absolute atomic E-state index is 9.71. The zero-order valence-corrected chi connectivity index (χ0v) is 10.4. The number of nitrogens with zero attached hydrogens (tertiary/aromatic N) is 1. The SMILES string of the molecule is CC(CO)N(C)CC(O)COCc1ccco1. The van der Waals surface area contributed by atoms with Gasteiger partial charge in [0.05, 0.1) is 25.6 Å². The Labute approximate surface area is 102 Å². The lowest BCUT2D eigenvalue weighted by molar-refractivity contribution is 0.000418. The lowest BCUT2D eigenvalue weighted by Crippen LogP contribution is -2.39. The Hall–Kier alpha value is -0.880. The number of furan rings is 1. The lowest BCUT2D eigenvalue weighted by Gasteiger charge is -2.25. The van der Waals surface area contributed by atoms with Gasteiger partial charge in [-0.15, -0.1) is 0 Å². The molecule has 0 saturated heterocycles. The Kier molecular flexibility index (Phi) is 6.21. The second-order valence-electron chi connectivity index (χ2n) is 4.22. The second-order valence-corrected chi connectivity index (χ2v) is 4.22. The van der Waals surface area contributed by atoms with Gasteiger partial charge in [-0.25, -0.2) is 0 Å². The van der Waals surface area contributed by atoms with Crippen molar-refractivity contribution in [1.82, 2.24) is 4.90 Å². The van der Waals surface area contributed by atoms with Gasteiger partial charge >= 0.3 is 0 Å². The Balaban J connectivity index is 2.14. The third-order valence-electron chi connectivity index (χ3n) is 2.65. The summed E-state index contributed by atoms with van der Waals surface area (Å²) in [6.45, 7) is 3.07. The molecule has 5 nitrogen and oxygen atoms in total. The molecule has 0 aliphatic heterocycles. The Morgan fingerprint density at radius 2 is 2.29 bits per heavy atom. The summed E-state index contributed by atoms with van der Waals surface area (Å²) in [7, 11) is 1.86. The van der Waals surface area contributed by atoms with Crippen molar-refractivity contribution in [2.24, 2.45) is 0 Å². The molecule has 2 unspecified atom stereocenters. The van der Waals surface area contributed by atoms with Crippen LogP contribution < -0.4 is 0 Å². The number of aliphatic hydroxyl groups is 2. The van der Waals surface area contributed by atoms with Crippen LogP contribution in [-0.2, 0) is 11.3 Å². The smallest absolute Gasteiger partial charge is 0.129 e. The fourth-order valence-corrected chi connectivity index (χ4v) is 1.39. The predicted molar refractivity (Wildman–Crippen MR) is 63.5 cm³/mol. The highest BCUT2D eigenvalue weighted by Gasteiger charge is 2.13. The molecule has 5 heteroatoms. The molecule has 2 atom stereocenters. The maximum Gasteiger partial charge on any atom is 0.129 e. The number of hydrogen-bond donors (Lipinski definition) is 2. The topological polar surface area (TPSA) is 66.1 Å². The molecule has 1 aromatic rings. The van der Waals surface area contributed by atoms with Crippen LogP contribution in [0.1, 0.15) is 12.7 Å². The minimum atomic E-state index is -0.566. The zero-order chi connectivity index (χ0) is 12.7. The van der Waals surface area contributed by atoms with E-state index in [1.165, 1.54) is 0 Å². The molecule has 17 heavy (non-hydrogen) atoms. The van der Waals surface area contributed by atoms with Gasteiger partial charge in [-0.2, -0.15) is 0 Å². The zero-order valence-electron chi connectivity index (χ0n) is 10.4. The minimum Gasteiger partial charge on any atom is -0.467 e. The van der Waals surface area contributed by atoms with Crippen molar-refractivity contribution < 1.29 is 19.4 Å². The van der Waals surface area contributed by atoms with Crippen LogP contribution in [0.4, 0.5) is 0 Å². The molecule has 0 bridgehead atoms. The minimum absolute atomic E-state index is 0.0368. The fourth-order valence-electron chi connectivity index (χ4n) is 1.39. The van der Waals surface area contributed by atoms with Gasteiger partial charge < -0.3 is 19.4 Å². The van der Waals surface area contributed by atoms with E-state index in [1.54, 1.807) is 12.3 Å². The van der Waals surface area contributed by atoms with Gasteiger partial charge in [0.1, 0.15) is 12.4 Å². The first-order valence-electron chi connectivity index (χ1n) is 5.72. The van der Waals surface area contributed by atoms with E-state index in [2.05, 4.69) is 0 Å². The van der Waals surface area contributed by atoms with E-state index in [-0.39, 0.29) is 19.3 Å². The molecule has 0 radical (unpaired) electrons. The van der Waals surface area contributed by atoms with Gasteiger partial charge in [-0.1, -0.05) is 0 Å². The fraction of sp³-hybridized carbons (Fsp3) is 0.667. The quantitative estimate of drug-likeness (QED) is 0.695. The Bertz CT molecular complexity index is 289. The normalized spacial score (nSPS) is 15.1. The molecule has 0 aliphatic rings. The maximum atomic E-state index is 9.71. The molecule has 0 aromatic carbocycles. The summed E-state index contributed by atoms with van der Waals surface area (Å²) in [5, 5.41) is 18.7. The van der Waals surface area contributed by atoms with E-state index in [0.717, 1.165) is 5.76 Å². The second kappa shape index (κ2) is 7.45. The average molecular weight is 243 g/mol. The Morgan fingerprint density at radius 1 is 1.53 bits per heavy atom. The highest BCUT2D eigenvalue weighted by molar-refractivity contribution is 4.96. The van der Waals surface area contributed by atoms with Gasteiger partial charge in [0, 0.05) is 12.6 Å². The number of ether oxygens (including phenoxy) is 1. The summed E-state index contributed by atoms with van der Waals surface area (Å²) < 4.78 is 10.4. The van der Waals surface area contributed by atoms with E-state index >= 15 is 0 Å². The van der Waals surface area contributed by atoms with Gasteiger partial charge in [0.15, 0.2) is 0 Å². The van der Waals surface area contributed by atoms with Gasteiger partial charge in [0.25, 0.3) is 0 Å². The van der Waals surface area contributed by atoms with Crippen LogP contribution in [0, 0.1) is 0 Å². The van der Waals surface area contributed by atoms with E-state index in [0.29, 0.717) is 13.2 Å². The van der Waals surface area contributed by atoms with Crippen LogP contribution in [0.2, 0.25) is 0 Å². The predicted octanol–water partition coefficient (Wildman–Crippen LogP) is 0.470. The number of aliphatic hydroxyl groups excluding tert-OH is 2. The largest absolute Gasteiger partial charge is 0.467 e. The summed E-state index contributed by atoms with van der Waals surface area (Å²) in [5.74, 6) is 0.745. The van der Waals surface area contributed by atoms with Crippen LogP contribution in [0.3, 0.4) is 0 Å². The highest BCUT2D eigenvalue weighted by atomic mass is 16.5. The first kappa shape index (κ1) is 14.2. The van der Waals surface area contributed by atoms with Crippen molar-refractivity contribution in [3.63, 3.8) is 0 Å². The molecule has 98 valence electrons. The third kappa shape index (κ3) is 5.32. The molecule has 0 aliphatic carbocycles. The Morgan fingerprint density at radius 3 is 2.88 bits per heavy atom. The number of likely N-dealkylation sites (N-methyl/N-ethyl adjacent to an activating group) is 1. The first-order valence-corrected chi connectivity index (χ1v) is 5.72. The molecule has 1 heterocycles. The van der Waals surface area contributed by atoms with Crippen LogP contribution >= 0.6 is 0 Å². The van der Waals surface area contributed by atoms with Crippen LogP contribution in [-0.4, -0.2) is 54.1 Å². The summed E-state index contributed by atoms with van der Waals surface area (Å²) in [5.41, 5.74) is 0. The molecule has 1 aromatic heterocycles. The van der Waals surface area contributed by atoms with Crippen LogP contribution in [0.15, 0.2) is 22.8 Å². The molecule has 2 N–H and O–H groups in total. The van der Waals surface area contributed by atoms with E-state index in [1.807, 2.05) is 24.9 Å². The third-order valence-corrected chi connectivity index (χ3v) is 2.65. The monoisotopic (exact) mass is 243 g/mol. The van der Waals surface area contributed by atoms with Crippen molar-refractivity contribution in [3.05, 3.63) is 24.2 Å². The molecule has 1 rings (SSSR count). The summed E-state index contributed by atoms with van der Waals surface area (Å²) in [6, 6.07) is 3.66. The van der Waals surface area contributed by atoms with Crippen molar-refractivity contribution in [1.29, 1.82) is 0 Å². The lowest BCUT2D eigenvalue weighted by atomic mass is 10.2. The van der Waals surface area contributed by atoms with E-state index < -0.39 is 6.10 Å². The summed E-state index contributed by atoms with van der Waals surface area (Å²) in [4.78, 5) is 1.89. The summed E-state index contributed by atoms with van der Waals surface area (Å²) >= 11 is 0. The van der Waals surface area contributed by atoms with Crippen LogP contribution in [0.25, 0.3) is 0 Å². The molecule has 0 amide bonds. The molecular weight excluding hydrogens is 222 g/mol. The highest BCUT2D eigenvalue weighted by Crippen LogP contribution is 2.03. The molecule has 0 saturated carbocycles. The average Bonchev–Trinajstić information content (AvgIpc) is 2.80. The van der Waals surface area contributed by atoms with Gasteiger partial charge in [-0.3, -0.25) is 4.90 Å². The van der Waals surface area contributed by atoms with Gasteiger partial charge in [-0.05, 0) is 26.1 Å². The first-order chi connectivity index (χ1) is 8.13. The number of rotatable bonds is 8. The van der Waals surface area contributed by atoms with Crippen LogP contribution in [0.5, 0.6) is 0 Å². The molecule has 0 fully saturated rings. The molecular formula is C12H21NO4. The number of hydrogen-bond acceptors (Lipinski definition) is 5. The van der Waals surface area contributed by atoms with E-state index in [4.69, 9.17) is 14.3 Å². The van der Waals surface area contributed by atoms with Crippen molar-refractivity contribution >= 4 is 0 Å². The standard InChI is InChI=1S/C12H21NO4/c1-10(7-14)13(2)6-11(15)8-16-9-12-4-3-5-17-12/h3-5,10-11,14-15H,6-9H2,1-2H3. The molecule has 0 spiro atoms. The van der Waals surface area contributed by atoms with Crippen molar-refractivity contribution in [2.75, 3.05) is 26.8 Å². The van der Waals surface area contributed by atoms with E-state index in [9.17, 15) is 5.11 Å².